The summed E-state index contributed by atoms with van der Waals surface area (Å²) in [7, 11) is 1.76. The summed E-state index contributed by atoms with van der Waals surface area (Å²) < 4.78 is 19.0. The molecule has 1 saturated heterocycles. The fourth-order valence-electron chi connectivity index (χ4n) is 5.39. The van der Waals surface area contributed by atoms with E-state index in [1.165, 1.54) is 12.1 Å². The van der Waals surface area contributed by atoms with E-state index in [-0.39, 0.29) is 29.7 Å². The van der Waals surface area contributed by atoms with Crippen molar-refractivity contribution < 1.29 is 13.9 Å². The molecule has 2 atom stereocenters. The van der Waals surface area contributed by atoms with Gasteiger partial charge in [-0.25, -0.2) is 4.39 Å². The highest BCUT2D eigenvalue weighted by Crippen LogP contribution is 2.47. The van der Waals surface area contributed by atoms with Crippen LogP contribution in [0.1, 0.15) is 55.8 Å². The molecule has 1 amide bonds. The van der Waals surface area contributed by atoms with Crippen LogP contribution in [0.15, 0.2) is 24.3 Å². The van der Waals surface area contributed by atoms with Gasteiger partial charge >= 0.3 is 0 Å². The van der Waals surface area contributed by atoms with Gasteiger partial charge in [0, 0.05) is 42.4 Å². The first-order valence-corrected chi connectivity index (χ1v) is 10.6. The number of ether oxygens (including phenoxy) is 1. The molecule has 7 heteroatoms. The van der Waals surface area contributed by atoms with E-state index in [4.69, 9.17) is 4.74 Å². The van der Waals surface area contributed by atoms with Gasteiger partial charge in [0.15, 0.2) is 5.82 Å². The second-order valence-corrected chi connectivity index (χ2v) is 8.51. The highest BCUT2D eigenvalue weighted by Gasteiger charge is 2.46. The van der Waals surface area contributed by atoms with E-state index in [0.717, 1.165) is 56.2 Å². The second-order valence-electron chi connectivity index (χ2n) is 8.51. The molecule has 6 nitrogen and oxygen atoms in total. The van der Waals surface area contributed by atoms with Crippen LogP contribution in [0.3, 0.4) is 0 Å². The molecule has 3 heterocycles. The predicted octanol–water partition coefficient (Wildman–Crippen LogP) is 4.09. The topological polar surface area (TPSA) is 70.2 Å². The first-order chi connectivity index (χ1) is 14.1. The minimum Gasteiger partial charge on any atom is -0.381 e. The number of anilines is 2. The Balaban J connectivity index is 1.38. The number of H-pyrrole nitrogens is 1. The average molecular weight is 398 g/mol. The Labute approximate surface area is 169 Å². The molecular weight excluding hydrogens is 371 g/mol. The SMILES string of the molecule is COC1CCC(C(=O)N2[C@H]3CC[C@H]2c2c(Nc4cccc(F)c4)n[nH]c2C3)CC1. The van der Waals surface area contributed by atoms with Crippen molar-refractivity contribution in [1.29, 1.82) is 0 Å². The standard InChI is InChI=1S/C22H27FN4O2/c1-29-17-8-5-13(6-9-17)22(28)27-16-7-10-19(27)20-18(12-16)25-26-21(20)24-15-4-2-3-14(23)11-15/h2-4,11,13,16-17,19H,5-10,12H2,1H3,(H2,24,25,26)/t13?,16-,17?,19-/m0/s1. The van der Waals surface area contributed by atoms with E-state index in [1.807, 2.05) is 6.07 Å². The molecule has 1 aromatic heterocycles. The summed E-state index contributed by atoms with van der Waals surface area (Å²) in [6.45, 7) is 0. The Morgan fingerprint density at radius 2 is 2.07 bits per heavy atom. The second kappa shape index (κ2) is 7.44. The maximum absolute atomic E-state index is 13.6. The van der Waals surface area contributed by atoms with Crippen molar-refractivity contribution in [2.24, 2.45) is 5.92 Å². The Morgan fingerprint density at radius 3 is 2.83 bits per heavy atom. The molecule has 1 aliphatic carbocycles. The number of halogens is 1. The lowest BCUT2D eigenvalue weighted by Gasteiger charge is -2.38. The smallest absolute Gasteiger partial charge is 0.226 e. The van der Waals surface area contributed by atoms with E-state index in [0.29, 0.717) is 17.6 Å². The number of benzene rings is 1. The van der Waals surface area contributed by atoms with Crippen molar-refractivity contribution in [3.05, 3.63) is 41.3 Å². The summed E-state index contributed by atoms with van der Waals surface area (Å²) in [4.78, 5) is 15.6. The lowest BCUT2D eigenvalue weighted by Crippen LogP contribution is -2.45. The number of aromatic nitrogens is 2. The summed E-state index contributed by atoms with van der Waals surface area (Å²) in [5.41, 5.74) is 2.83. The Morgan fingerprint density at radius 1 is 1.24 bits per heavy atom. The van der Waals surface area contributed by atoms with Crippen LogP contribution in [0, 0.1) is 11.7 Å². The van der Waals surface area contributed by atoms with Crippen molar-refractivity contribution >= 4 is 17.4 Å². The maximum atomic E-state index is 13.6. The number of fused-ring (bicyclic) bond motifs is 4. The Hall–Kier alpha value is -2.41. The molecule has 2 N–H and O–H groups in total. The first kappa shape index (κ1) is 18.6. The van der Waals surface area contributed by atoms with Crippen LogP contribution in [-0.2, 0) is 16.0 Å². The number of nitrogens with zero attached hydrogens (tertiary/aromatic N) is 2. The van der Waals surface area contributed by atoms with E-state index >= 15 is 0 Å². The van der Waals surface area contributed by atoms with Gasteiger partial charge in [-0.2, -0.15) is 5.10 Å². The van der Waals surface area contributed by atoms with Crippen molar-refractivity contribution in [3.8, 4) is 0 Å². The molecule has 2 fully saturated rings. The predicted molar refractivity (Wildman–Crippen MR) is 107 cm³/mol. The normalized spacial score (nSPS) is 28.3. The molecule has 0 spiro atoms. The number of hydrogen-bond donors (Lipinski definition) is 2. The van der Waals surface area contributed by atoms with Crippen molar-refractivity contribution in [2.75, 3.05) is 12.4 Å². The third-order valence-electron chi connectivity index (χ3n) is 6.86. The minimum atomic E-state index is -0.288. The molecule has 0 unspecified atom stereocenters. The summed E-state index contributed by atoms with van der Waals surface area (Å²) in [5.74, 6) is 0.800. The van der Waals surface area contributed by atoms with Crippen LogP contribution in [0.5, 0.6) is 0 Å². The molecule has 29 heavy (non-hydrogen) atoms. The van der Waals surface area contributed by atoms with E-state index in [1.54, 1.807) is 13.2 Å². The van der Waals surface area contributed by atoms with Crippen LogP contribution in [0.25, 0.3) is 0 Å². The number of rotatable bonds is 4. The largest absolute Gasteiger partial charge is 0.381 e. The van der Waals surface area contributed by atoms with Gasteiger partial charge in [-0.05, 0) is 56.7 Å². The zero-order valence-corrected chi connectivity index (χ0v) is 16.7. The zero-order valence-electron chi connectivity index (χ0n) is 16.7. The zero-order chi connectivity index (χ0) is 20.0. The summed E-state index contributed by atoms with van der Waals surface area (Å²) in [6.07, 6.45) is 6.79. The number of methoxy groups -OCH3 is 1. The molecule has 3 aliphatic rings. The molecule has 1 aromatic carbocycles. The first-order valence-electron chi connectivity index (χ1n) is 10.6. The number of carbonyl (C=O) groups is 1. The van der Waals surface area contributed by atoms with Gasteiger partial charge in [-0.15, -0.1) is 0 Å². The van der Waals surface area contributed by atoms with E-state index in [2.05, 4.69) is 20.4 Å². The number of carbonyl (C=O) groups excluding carboxylic acids is 1. The van der Waals surface area contributed by atoms with Gasteiger partial charge in [-0.3, -0.25) is 9.89 Å². The lowest BCUT2D eigenvalue weighted by molar-refractivity contribution is -0.141. The van der Waals surface area contributed by atoms with E-state index in [9.17, 15) is 9.18 Å². The Bertz CT molecular complexity index is 906. The van der Waals surface area contributed by atoms with Crippen LogP contribution in [-0.4, -0.2) is 40.3 Å². The quantitative estimate of drug-likeness (QED) is 0.814. The van der Waals surface area contributed by atoms with Gasteiger partial charge in [-0.1, -0.05) is 6.07 Å². The fraction of sp³-hybridized carbons (Fsp3) is 0.545. The Kier molecular flexibility index (Phi) is 4.78. The summed E-state index contributed by atoms with van der Waals surface area (Å²) >= 11 is 0. The lowest BCUT2D eigenvalue weighted by atomic mass is 9.85. The monoisotopic (exact) mass is 398 g/mol. The molecule has 5 rings (SSSR count). The van der Waals surface area contributed by atoms with Gasteiger partial charge in [0.2, 0.25) is 5.91 Å². The molecular formula is C22H27FN4O2. The van der Waals surface area contributed by atoms with Gasteiger partial charge in [0.05, 0.1) is 12.1 Å². The fourth-order valence-corrected chi connectivity index (χ4v) is 5.39. The van der Waals surface area contributed by atoms with Crippen LogP contribution < -0.4 is 5.32 Å². The number of amides is 1. The van der Waals surface area contributed by atoms with Crippen molar-refractivity contribution in [2.45, 2.75) is 63.1 Å². The molecule has 2 bridgehead atoms. The third-order valence-corrected chi connectivity index (χ3v) is 6.86. The molecule has 154 valence electrons. The van der Waals surface area contributed by atoms with Crippen molar-refractivity contribution in [1.82, 2.24) is 15.1 Å². The van der Waals surface area contributed by atoms with Crippen LogP contribution in [0.4, 0.5) is 15.9 Å². The molecule has 1 saturated carbocycles. The highest BCUT2D eigenvalue weighted by atomic mass is 19.1. The summed E-state index contributed by atoms with van der Waals surface area (Å²) in [5, 5.41) is 10.9. The third kappa shape index (κ3) is 3.31. The maximum Gasteiger partial charge on any atom is 0.226 e. The molecule has 2 aliphatic heterocycles. The van der Waals surface area contributed by atoms with E-state index < -0.39 is 0 Å². The van der Waals surface area contributed by atoms with Gasteiger partial charge < -0.3 is 15.0 Å². The van der Waals surface area contributed by atoms with Gasteiger partial charge in [0.1, 0.15) is 5.82 Å². The minimum absolute atomic E-state index is 0.0474. The van der Waals surface area contributed by atoms with Gasteiger partial charge in [0.25, 0.3) is 0 Å². The van der Waals surface area contributed by atoms with Crippen LogP contribution >= 0.6 is 0 Å². The molecule has 0 radical (unpaired) electrons. The average Bonchev–Trinajstić information content (AvgIpc) is 3.27. The number of nitrogens with one attached hydrogen (secondary N) is 2. The van der Waals surface area contributed by atoms with Crippen molar-refractivity contribution in [3.63, 3.8) is 0 Å². The van der Waals surface area contributed by atoms with Crippen LogP contribution in [0.2, 0.25) is 0 Å². The number of aromatic amines is 1. The highest BCUT2D eigenvalue weighted by molar-refractivity contribution is 5.81. The summed E-state index contributed by atoms with van der Waals surface area (Å²) in [6, 6.07) is 6.67. The molecule has 2 aromatic rings. The number of hydrogen-bond acceptors (Lipinski definition) is 4.